The van der Waals surface area contributed by atoms with Gasteiger partial charge in [-0.25, -0.2) is 4.79 Å². The second-order valence-electron chi connectivity index (χ2n) is 5.41. The number of fused-ring (bicyclic) bond motifs is 1. The highest BCUT2D eigenvalue weighted by Crippen LogP contribution is 2.36. The number of aromatic nitrogens is 1. The van der Waals surface area contributed by atoms with E-state index < -0.39 is 11.6 Å². The van der Waals surface area contributed by atoms with Gasteiger partial charge in [0.15, 0.2) is 0 Å². The van der Waals surface area contributed by atoms with Crippen molar-refractivity contribution in [2.75, 3.05) is 13.7 Å². The zero-order valence-corrected chi connectivity index (χ0v) is 13.6. The number of ether oxygens (including phenoxy) is 2. The fraction of sp³-hybridized carbons (Fsp3) is 0.211. The van der Waals surface area contributed by atoms with E-state index >= 15 is 0 Å². The largest absolute Gasteiger partial charge is 0.497 e. The molecule has 3 aromatic rings. The zero-order valence-electron chi connectivity index (χ0n) is 13.6. The van der Waals surface area contributed by atoms with Gasteiger partial charge in [-0.05, 0) is 30.7 Å². The van der Waals surface area contributed by atoms with Crippen molar-refractivity contribution in [3.05, 3.63) is 65.9 Å². The summed E-state index contributed by atoms with van der Waals surface area (Å²) in [5, 5.41) is 12.1. The molecule has 1 heterocycles. The molecule has 0 bridgehead atoms. The summed E-state index contributed by atoms with van der Waals surface area (Å²) in [6, 6.07) is 14.2. The van der Waals surface area contributed by atoms with E-state index in [2.05, 4.69) is 4.98 Å². The van der Waals surface area contributed by atoms with Crippen molar-refractivity contribution in [3.63, 3.8) is 0 Å². The summed E-state index contributed by atoms with van der Waals surface area (Å²) in [6.07, 6.45) is 1.64. The summed E-state index contributed by atoms with van der Waals surface area (Å²) in [6.45, 7) is 1.89. The molecular weight excluding hydrogens is 306 g/mol. The first-order valence-electron chi connectivity index (χ1n) is 7.72. The molecule has 0 aliphatic rings. The first-order chi connectivity index (χ1) is 11.6. The van der Waals surface area contributed by atoms with Crippen LogP contribution in [0, 0.1) is 0 Å². The topological polar surface area (TPSA) is 71.6 Å². The quantitative estimate of drug-likeness (QED) is 0.708. The molecule has 124 valence electrons. The van der Waals surface area contributed by atoms with Gasteiger partial charge in [0, 0.05) is 22.7 Å². The predicted molar refractivity (Wildman–Crippen MR) is 90.9 cm³/mol. The number of nitrogens with one attached hydrogen (secondary N) is 1. The normalized spacial score (nSPS) is 13.5. The Labute approximate surface area is 139 Å². The van der Waals surface area contributed by atoms with E-state index in [0.717, 1.165) is 10.9 Å². The second kappa shape index (κ2) is 6.37. The van der Waals surface area contributed by atoms with Gasteiger partial charge in [-0.1, -0.05) is 30.3 Å². The van der Waals surface area contributed by atoms with Crippen LogP contribution in [0.4, 0.5) is 0 Å². The summed E-state index contributed by atoms with van der Waals surface area (Å²) in [4.78, 5) is 15.7. The Kier molecular flexibility index (Phi) is 4.27. The average molecular weight is 325 g/mol. The zero-order chi connectivity index (χ0) is 17.2. The maximum atomic E-state index is 12.6. The third-order valence-corrected chi connectivity index (χ3v) is 4.06. The number of H-pyrrole nitrogens is 1. The lowest BCUT2D eigenvalue weighted by Crippen LogP contribution is -2.38. The van der Waals surface area contributed by atoms with E-state index in [-0.39, 0.29) is 6.61 Å². The van der Waals surface area contributed by atoms with Crippen LogP contribution in [0.2, 0.25) is 0 Å². The van der Waals surface area contributed by atoms with Crippen molar-refractivity contribution in [1.29, 1.82) is 0 Å². The first kappa shape index (κ1) is 16.1. The molecule has 1 aromatic heterocycles. The molecule has 24 heavy (non-hydrogen) atoms. The molecule has 0 radical (unpaired) electrons. The second-order valence-corrected chi connectivity index (χ2v) is 5.41. The smallest absolute Gasteiger partial charge is 0.347 e. The maximum absolute atomic E-state index is 12.6. The maximum Gasteiger partial charge on any atom is 0.347 e. The van der Waals surface area contributed by atoms with Gasteiger partial charge in [0.05, 0.1) is 13.7 Å². The highest BCUT2D eigenvalue weighted by molar-refractivity contribution is 5.94. The molecule has 2 aromatic carbocycles. The number of aromatic amines is 1. The van der Waals surface area contributed by atoms with Gasteiger partial charge >= 0.3 is 5.97 Å². The molecule has 5 nitrogen and oxygen atoms in total. The van der Waals surface area contributed by atoms with Gasteiger partial charge in [0.2, 0.25) is 5.60 Å². The third-order valence-electron chi connectivity index (χ3n) is 4.06. The number of para-hydroxylation sites is 1. The predicted octanol–water partition coefficient (Wildman–Crippen LogP) is 2.98. The third kappa shape index (κ3) is 2.53. The fourth-order valence-corrected chi connectivity index (χ4v) is 2.82. The van der Waals surface area contributed by atoms with Crippen LogP contribution in [0.5, 0.6) is 5.75 Å². The van der Waals surface area contributed by atoms with Gasteiger partial charge in [-0.2, -0.15) is 0 Å². The van der Waals surface area contributed by atoms with Gasteiger partial charge < -0.3 is 19.6 Å². The number of carbonyl (C=O) groups is 1. The lowest BCUT2D eigenvalue weighted by molar-refractivity contribution is -0.161. The average Bonchev–Trinajstić information content (AvgIpc) is 3.06. The molecule has 2 N–H and O–H groups in total. The Morgan fingerprint density at radius 1 is 1.17 bits per heavy atom. The van der Waals surface area contributed by atoms with Crippen LogP contribution >= 0.6 is 0 Å². The van der Waals surface area contributed by atoms with Gasteiger partial charge in [-0.3, -0.25) is 0 Å². The van der Waals surface area contributed by atoms with Crippen molar-refractivity contribution in [2.45, 2.75) is 12.5 Å². The van der Waals surface area contributed by atoms with E-state index in [0.29, 0.717) is 16.9 Å². The minimum Gasteiger partial charge on any atom is -0.497 e. The van der Waals surface area contributed by atoms with Crippen LogP contribution in [0.1, 0.15) is 18.1 Å². The molecule has 0 spiro atoms. The summed E-state index contributed by atoms with van der Waals surface area (Å²) in [5.74, 6) is -0.0659. The molecular formula is C19H19NO4. The number of esters is 1. The standard InChI is InChI=1S/C19H19NO4/c1-3-24-18(21)19(22,13-8-10-14(23-2)11-9-13)16-12-20-17-7-5-4-6-15(16)17/h4-12,20,22H,3H2,1-2H3/t19-/m1/s1. The monoisotopic (exact) mass is 325 g/mol. The molecule has 0 unspecified atom stereocenters. The van der Waals surface area contributed by atoms with E-state index in [9.17, 15) is 9.90 Å². The van der Waals surface area contributed by atoms with Crippen molar-refractivity contribution in [1.82, 2.24) is 4.98 Å². The van der Waals surface area contributed by atoms with Crippen molar-refractivity contribution >= 4 is 16.9 Å². The fourth-order valence-electron chi connectivity index (χ4n) is 2.82. The molecule has 5 heteroatoms. The van der Waals surface area contributed by atoms with Crippen LogP contribution in [-0.4, -0.2) is 29.8 Å². The number of methoxy groups -OCH3 is 1. The summed E-state index contributed by atoms with van der Waals surface area (Å²) in [5.41, 5.74) is -0.182. The molecule has 1 atom stereocenters. The Morgan fingerprint density at radius 2 is 1.88 bits per heavy atom. The van der Waals surface area contributed by atoms with Gasteiger partial charge in [0.25, 0.3) is 0 Å². The molecule has 0 fully saturated rings. The Morgan fingerprint density at radius 3 is 2.54 bits per heavy atom. The minimum absolute atomic E-state index is 0.180. The Balaban J connectivity index is 2.20. The van der Waals surface area contributed by atoms with Crippen molar-refractivity contribution in [2.24, 2.45) is 0 Å². The summed E-state index contributed by atoms with van der Waals surface area (Å²) >= 11 is 0. The summed E-state index contributed by atoms with van der Waals surface area (Å²) < 4.78 is 10.3. The van der Waals surface area contributed by atoms with Crippen molar-refractivity contribution in [3.8, 4) is 5.75 Å². The number of benzene rings is 2. The molecule has 0 amide bonds. The Bertz CT molecular complexity index is 853. The summed E-state index contributed by atoms with van der Waals surface area (Å²) in [7, 11) is 1.56. The number of hydrogen-bond acceptors (Lipinski definition) is 4. The van der Waals surface area contributed by atoms with Crippen LogP contribution in [0.25, 0.3) is 10.9 Å². The number of carbonyl (C=O) groups excluding carboxylic acids is 1. The Hall–Kier alpha value is -2.79. The van der Waals surface area contributed by atoms with Crippen LogP contribution in [0.15, 0.2) is 54.7 Å². The molecule has 0 aliphatic carbocycles. The van der Waals surface area contributed by atoms with Crippen molar-refractivity contribution < 1.29 is 19.4 Å². The van der Waals surface area contributed by atoms with E-state index in [1.54, 1.807) is 44.5 Å². The van der Waals surface area contributed by atoms with E-state index in [1.807, 2.05) is 24.3 Å². The SMILES string of the molecule is CCOC(=O)[C@@](O)(c1ccc(OC)cc1)c1c[nH]c2ccccc12. The van der Waals surface area contributed by atoms with Crippen LogP contribution < -0.4 is 4.74 Å². The molecule has 0 saturated carbocycles. The van der Waals surface area contributed by atoms with Crippen LogP contribution in [0.3, 0.4) is 0 Å². The lowest BCUT2D eigenvalue weighted by Gasteiger charge is -2.26. The lowest BCUT2D eigenvalue weighted by atomic mass is 9.86. The molecule has 0 aliphatic heterocycles. The highest BCUT2D eigenvalue weighted by atomic mass is 16.5. The number of hydrogen-bond donors (Lipinski definition) is 2. The van der Waals surface area contributed by atoms with E-state index in [1.165, 1.54) is 0 Å². The van der Waals surface area contributed by atoms with Gasteiger partial charge in [-0.15, -0.1) is 0 Å². The van der Waals surface area contributed by atoms with E-state index in [4.69, 9.17) is 9.47 Å². The number of aliphatic hydroxyl groups is 1. The first-order valence-corrected chi connectivity index (χ1v) is 7.72. The molecule has 3 rings (SSSR count). The van der Waals surface area contributed by atoms with Crippen LogP contribution in [-0.2, 0) is 15.1 Å². The number of rotatable bonds is 5. The minimum atomic E-state index is -1.90. The molecule has 0 saturated heterocycles. The van der Waals surface area contributed by atoms with Gasteiger partial charge in [0.1, 0.15) is 5.75 Å². The highest BCUT2D eigenvalue weighted by Gasteiger charge is 2.43.